The van der Waals surface area contributed by atoms with E-state index in [2.05, 4.69) is 298 Å². The maximum atomic E-state index is 2.70. The highest BCUT2D eigenvalue weighted by Gasteiger charge is 2.46. The van der Waals surface area contributed by atoms with Crippen molar-refractivity contribution in [2.45, 2.75) is 52.4 Å². The van der Waals surface area contributed by atoms with Crippen molar-refractivity contribution in [1.29, 1.82) is 0 Å². The van der Waals surface area contributed by atoms with Gasteiger partial charge in [0.25, 0.3) is 6.71 Å². The lowest BCUT2D eigenvalue weighted by Crippen LogP contribution is -2.61. The molecule has 0 saturated carbocycles. The Bertz CT molecular complexity index is 3860. The Labute approximate surface area is 455 Å². The fraction of sp³-hybridized carbons (Fsp3) is 0.108. The van der Waals surface area contributed by atoms with Crippen molar-refractivity contribution in [1.82, 2.24) is 0 Å². The molecule has 0 saturated heterocycles. The van der Waals surface area contributed by atoms with Crippen LogP contribution in [0.3, 0.4) is 0 Å². The van der Waals surface area contributed by atoms with Gasteiger partial charge in [0, 0.05) is 39.4 Å². The molecule has 0 amide bonds. The predicted molar refractivity (Wildman–Crippen MR) is 330 cm³/mol. The fourth-order valence-electron chi connectivity index (χ4n) is 12.2. The Hall–Kier alpha value is -8.92. The van der Waals surface area contributed by atoms with E-state index in [0.29, 0.717) is 0 Å². The van der Waals surface area contributed by atoms with Crippen LogP contribution in [0.5, 0.6) is 0 Å². The Morgan fingerprint density at radius 3 is 1.17 bits per heavy atom. The molecule has 2 nitrogen and oxygen atoms in total. The second-order valence-electron chi connectivity index (χ2n) is 21.9. The number of aryl methyl sites for hydroxylation is 1. The summed E-state index contributed by atoms with van der Waals surface area (Å²) in [4.78, 5) is 5.38. The van der Waals surface area contributed by atoms with Crippen LogP contribution in [0.2, 0.25) is 0 Å². The van der Waals surface area contributed by atoms with Gasteiger partial charge < -0.3 is 9.80 Å². The monoisotopic (exact) mass is 988 g/mol. The summed E-state index contributed by atoms with van der Waals surface area (Å²) in [6.45, 7) is 9.33. The largest absolute Gasteiger partial charge is 0.311 e. The number of rotatable bonds is 11. The molecule has 0 aromatic heterocycles. The van der Waals surface area contributed by atoms with Gasteiger partial charge in [-0.05, 0) is 132 Å². The fourth-order valence-corrected chi connectivity index (χ4v) is 12.2. The Morgan fingerprint density at radius 2 is 0.740 bits per heavy atom. The summed E-state index contributed by atoms with van der Waals surface area (Å²) in [6.07, 6.45) is 3.17. The van der Waals surface area contributed by atoms with Crippen LogP contribution in [0.25, 0.3) is 66.8 Å². The van der Waals surface area contributed by atoms with Crippen LogP contribution in [-0.4, -0.2) is 6.71 Å². The minimum atomic E-state index is -0.209. The first-order chi connectivity index (χ1) is 37.8. The van der Waals surface area contributed by atoms with Crippen molar-refractivity contribution in [3.8, 4) is 66.8 Å². The molecule has 13 rings (SSSR count). The highest BCUT2D eigenvalue weighted by atomic mass is 15.2. The van der Waals surface area contributed by atoms with Crippen LogP contribution < -0.4 is 26.2 Å². The number of nitrogens with zero attached hydrogens (tertiary/aromatic N) is 2. The number of unbranched alkanes of at least 4 members (excludes halogenated alkanes) is 1. The second-order valence-corrected chi connectivity index (χ2v) is 21.9. The van der Waals surface area contributed by atoms with Crippen molar-refractivity contribution < 1.29 is 0 Å². The summed E-state index contributed by atoms with van der Waals surface area (Å²) in [5, 5.41) is 0. The Balaban J connectivity index is 1.21. The lowest BCUT2D eigenvalue weighted by atomic mass is 9.33. The van der Waals surface area contributed by atoms with Crippen molar-refractivity contribution in [3.63, 3.8) is 0 Å². The minimum Gasteiger partial charge on any atom is -0.311 e. The van der Waals surface area contributed by atoms with Gasteiger partial charge in [-0.25, -0.2) is 0 Å². The van der Waals surface area contributed by atoms with E-state index in [0.717, 1.165) is 24.9 Å². The van der Waals surface area contributed by atoms with Gasteiger partial charge in [0.05, 0.1) is 11.4 Å². The van der Waals surface area contributed by atoms with Crippen molar-refractivity contribution in [3.05, 3.63) is 272 Å². The summed E-state index contributed by atoms with van der Waals surface area (Å²) in [5.41, 5.74) is 27.9. The molecule has 0 N–H and O–H groups in total. The first-order valence-electron chi connectivity index (χ1n) is 27.5. The summed E-state index contributed by atoms with van der Waals surface area (Å²) in [6, 6.07) is 97.7. The third kappa shape index (κ3) is 8.67. The predicted octanol–water partition coefficient (Wildman–Crippen LogP) is 18.4. The van der Waals surface area contributed by atoms with E-state index in [4.69, 9.17) is 0 Å². The summed E-state index contributed by atoms with van der Waals surface area (Å²) in [7, 11) is 0. The van der Waals surface area contributed by atoms with E-state index in [-0.39, 0.29) is 12.1 Å². The molecule has 370 valence electrons. The molecule has 77 heavy (non-hydrogen) atoms. The quantitative estimate of drug-likeness (QED) is 0.119. The first kappa shape index (κ1) is 47.8. The van der Waals surface area contributed by atoms with Crippen LogP contribution in [0, 0.1) is 0 Å². The third-order valence-electron chi connectivity index (χ3n) is 16.0. The highest BCUT2D eigenvalue weighted by molar-refractivity contribution is 7.00. The SMILES string of the molecule is CCCCc1cccc(-c2ccccc2)c1N1c2ccc(-c3ccccc3)cc2B2c3cc(-c4ccccc4)ccc3N(c3c(-c4ccccc4)cc(-c4ccccc4)cc3-c3ccccc3)c3cc(C(C)(C)C)cc1c32. The van der Waals surface area contributed by atoms with Gasteiger partial charge >= 0.3 is 0 Å². The van der Waals surface area contributed by atoms with Crippen molar-refractivity contribution in [2.24, 2.45) is 0 Å². The second kappa shape index (κ2) is 20.0. The molecule has 0 spiro atoms. The molecule has 2 aliphatic rings. The molecule has 0 radical (unpaired) electrons. The summed E-state index contributed by atoms with van der Waals surface area (Å²) < 4.78 is 0. The molecule has 2 aliphatic heterocycles. The lowest BCUT2D eigenvalue weighted by molar-refractivity contribution is 0.590. The number of para-hydroxylation sites is 1. The molecule has 3 heteroatoms. The lowest BCUT2D eigenvalue weighted by Gasteiger charge is -2.46. The van der Waals surface area contributed by atoms with Gasteiger partial charge in [-0.1, -0.05) is 259 Å². The maximum absolute atomic E-state index is 2.70. The van der Waals surface area contributed by atoms with Crippen LogP contribution in [0.1, 0.15) is 51.7 Å². The number of benzene rings is 11. The molecule has 0 atom stereocenters. The van der Waals surface area contributed by atoms with E-state index in [1.165, 1.54) is 123 Å². The van der Waals surface area contributed by atoms with Gasteiger partial charge in [-0.15, -0.1) is 0 Å². The van der Waals surface area contributed by atoms with E-state index in [1.807, 2.05) is 0 Å². The molecular weight excluding hydrogens is 928 g/mol. The molecule has 0 unspecified atom stereocenters. The average molecular weight is 989 g/mol. The van der Waals surface area contributed by atoms with E-state index >= 15 is 0 Å². The highest BCUT2D eigenvalue weighted by Crippen LogP contribution is 2.53. The van der Waals surface area contributed by atoms with E-state index in [1.54, 1.807) is 0 Å². The molecule has 0 fully saturated rings. The van der Waals surface area contributed by atoms with Crippen molar-refractivity contribution in [2.75, 3.05) is 9.80 Å². The smallest absolute Gasteiger partial charge is 0.252 e. The van der Waals surface area contributed by atoms with Gasteiger partial charge in [0.1, 0.15) is 0 Å². The summed E-state index contributed by atoms with van der Waals surface area (Å²) in [5.74, 6) is 0. The molecule has 11 aromatic rings. The molecule has 0 aliphatic carbocycles. The van der Waals surface area contributed by atoms with Gasteiger partial charge in [0.2, 0.25) is 0 Å². The zero-order valence-corrected chi connectivity index (χ0v) is 44.4. The Kier molecular flexibility index (Phi) is 12.4. The van der Waals surface area contributed by atoms with Gasteiger partial charge in [0.15, 0.2) is 0 Å². The first-order valence-corrected chi connectivity index (χ1v) is 27.5. The van der Waals surface area contributed by atoms with Crippen LogP contribution >= 0.6 is 0 Å². The maximum Gasteiger partial charge on any atom is 0.252 e. The number of fused-ring (bicyclic) bond motifs is 4. The van der Waals surface area contributed by atoms with E-state index in [9.17, 15) is 0 Å². The third-order valence-corrected chi connectivity index (χ3v) is 16.0. The number of hydrogen-bond donors (Lipinski definition) is 0. The number of anilines is 6. The topological polar surface area (TPSA) is 6.48 Å². The molecule has 11 aromatic carbocycles. The van der Waals surface area contributed by atoms with Crippen LogP contribution in [0.15, 0.2) is 261 Å². The van der Waals surface area contributed by atoms with Crippen molar-refractivity contribution >= 4 is 57.2 Å². The molecule has 2 heterocycles. The van der Waals surface area contributed by atoms with Crippen LogP contribution in [-0.2, 0) is 11.8 Å². The zero-order valence-electron chi connectivity index (χ0n) is 44.4. The summed E-state index contributed by atoms with van der Waals surface area (Å²) >= 11 is 0. The number of hydrogen-bond acceptors (Lipinski definition) is 2. The molecule has 0 bridgehead atoms. The average Bonchev–Trinajstić information content (AvgIpc) is 3.68. The minimum absolute atomic E-state index is 0.120. The van der Waals surface area contributed by atoms with Crippen LogP contribution in [0.4, 0.5) is 34.1 Å². The zero-order chi connectivity index (χ0) is 52.0. The Morgan fingerprint density at radius 1 is 0.338 bits per heavy atom. The van der Waals surface area contributed by atoms with E-state index < -0.39 is 0 Å². The normalized spacial score (nSPS) is 12.5. The molecular formula is C74H61BN2. The standard InChI is InChI=1S/C74H61BN2/c1-5-6-26-57-39-25-40-62(54-33-19-10-20-34-54)72(57)76-67-43-41-58(51-27-13-7-14-28-51)47-65(67)75-66-48-59(52-29-15-8-16-30-52)42-44-68(66)77(70-50-61(74(2,3)4)49-69(76)71(70)75)73-63(55-35-21-11-22-36-55)45-60(53-31-17-9-18-32-53)46-64(73)56-37-23-12-24-38-56/h7-25,27-50H,5-6,26H2,1-4H3. The van der Waals surface area contributed by atoms with Gasteiger partial charge in [-0.2, -0.15) is 0 Å². The van der Waals surface area contributed by atoms with Gasteiger partial charge in [-0.3, -0.25) is 0 Å².